The average Bonchev–Trinajstić information content (AvgIpc) is 2.20. The number of nitrogens with zero attached hydrogens (tertiary/aromatic N) is 2. The van der Waals surface area contributed by atoms with E-state index in [0.29, 0.717) is 18.7 Å². The van der Waals surface area contributed by atoms with Gasteiger partial charge in [-0.2, -0.15) is 0 Å². The first-order chi connectivity index (χ1) is 7.15. The zero-order chi connectivity index (χ0) is 11.3. The van der Waals surface area contributed by atoms with E-state index in [4.69, 9.17) is 4.74 Å². The summed E-state index contributed by atoms with van der Waals surface area (Å²) >= 11 is 0. The summed E-state index contributed by atoms with van der Waals surface area (Å²) in [7, 11) is 1.80. The predicted molar refractivity (Wildman–Crippen MR) is 55.1 cm³/mol. The molecular weight excluding hydrogens is 198 g/mol. The highest BCUT2D eigenvalue weighted by atomic mass is 16.6. The second kappa shape index (κ2) is 5.26. The molecule has 0 aromatic carbocycles. The van der Waals surface area contributed by atoms with Crippen LogP contribution in [0.2, 0.25) is 0 Å². The Hall–Kier alpha value is -1.69. The number of pyridine rings is 1. The highest BCUT2D eigenvalue weighted by molar-refractivity contribution is 5.40. The number of nitro groups is 1. The topological polar surface area (TPSA) is 77.3 Å². The first-order valence-electron chi connectivity index (χ1n) is 4.53. The summed E-state index contributed by atoms with van der Waals surface area (Å²) < 4.78 is 5.21. The standard InChI is InChI=1S/C9H13N3O3/c1-7-6-11-9(15-4-3-10-2)5-8(7)12(13)14/h5-6,10H,3-4H2,1-2H3. The van der Waals surface area contributed by atoms with Gasteiger partial charge in [0.05, 0.1) is 11.0 Å². The molecule has 0 spiro atoms. The molecule has 1 rings (SSSR count). The SMILES string of the molecule is CNCCOc1cc([N+](=O)[O-])c(C)cn1. The normalized spacial score (nSPS) is 10.0. The van der Waals surface area contributed by atoms with Crippen LogP contribution in [0.5, 0.6) is 5.88 Å². The number of nitrogens with one attached hydrogen (secondary N) is 1. The van der Waals surface area contributed by atoms with Gasteiger partial charge in [-0.15, -0.1) is 0 Å². The molecule has 6 heteroatoms. The zero-order valence-corrected chi connectivity index (χ0v) is 8.69. The van der Waals surface area contributed by atoms with E-state index < -0.39 is 4.92 Å². The van der Waals surface area contributed by atoms with E-state index in [0.717, 1.165) is 0 Å². The van der Waals surface area contributed by atoms with Crippen LogP contribution in [0.15, 0.2) is 12.3 Å². The van der Waals surface area contributed by atoms with Crippen molar-refractivity contribution in [3.05, 3.63) is 27.9 Å². The van der Waals surface area contributed by atoms with Gasteiger partial charge in [0.25, 0.3) is 5.69 Å². The van der Waals surface area contributed by atoms with Gasteiger partial charge < -0.3 is 10.1 Å². The Kier molecular flexibility index (Phi) is 3.99. The van der Waals surface area contributed by atoms with E-state index in [1.54, 1.807) is 14.0 Å². The molecule has 0 bridgehead atoms. The lowest BCUT2D eigenvalue weighted by Gasteiger charge is -2.04. The molecule has 0 amide bonds. The Bertz CT molecular complexity index is 354. The minimum Gasteiger partial charge on any atom is -0.476 e. The van der Waals surface area contributed by atoms with Crippen LogP contribution in [0.25, 0.3) is 0 Å². The third-order valence-corrected chi connectivity index (χ3v) is 1.85. The molecular formula is C9H13N3O3. The molecule has 1 aromatic rings. The number of likely N-dealkylation sites (N-methyl/N-ethyl adjacent to an activating group) is 1. The first-order valence-corrected chi connectivity index (χ1v) is 4.53. The molecule has 0 saturated carbocycles. The molecule has 0 radical (unpaired) electrons. The number of aryl methyl sites for hydroxylation is 1. The molecule has 6 nitrogen and oxygen atoms in total. The number of hydrogen-bond donors (Lipinski definition) is 1. The van der Waals surface area contributed by atoms with E-state index in [2.05, 4.69) is 10.3 Å². The van der Waals surface area contributed by atoms with E-state index >= 15 is 0 Å². The van der Waals surface area contributed by atoms with Crippen LogP contribution < -0.4 is 10.1 Å². The smallest absolute Gasteiger partial charge is 0.279 e. The molecule has 1 heterocycles. The molecule has 82 valence electrons. The van der Waals surface area contributed by atoms with E-state index in [-0.39, 0.29) is 11.6 Å². The van der Waals surface area contributed by atoms with E-state index in [9.17, 15) is 10.1 Å². The first kappa shape index (κ1) is 11.4. The van der Waals surface area contributed by atoms with Crippen molar-refractivity contribution in [1.29, 1.82) is 0 Å². The molecule has 0 fully saturated rings. The number of hydrogen-bond acceptors (Lipinski definition) is 5. The summed E-state index contributed by atoms with van der Waals surface area (Å²) in [6, 6.07) is 1.34. The summed E-state index contributed by atoms with van der Waals surface area (Å²) in [5.74, 6) is 0.280. The summed E-state index contributed by atoms with van der Waals surface area (Å²) in [6.07, 6.45) is 1.44. The molecule has 1 aromatic heterocycles. The highest BCUT2D eigenvalue weighted by Crippen LogP contribution is 2.20. The minimum absolute atomic E-state index is 0.0319. The van der Waals surface area contributed by atoms with Gasteiger partial charge in [-0.1, -0.05) is 0 Å². The van der Waals surface area contributed by atoms with Crippen LogP contribution in [-0.2, 0) is 0 Å². The van der Waals surface area contributed by atoms with Crippen molar-refractivity contribution in [2.75, 3.05) is 20.2 Å². The van der Waals surface area contributed by atoms with Gasteiger partial charge >= 0.3 is 0 Å². The Morgan fingerprint density at radius 2 is 2.40 bits per heavy atom. The van der Waals surface area contributed by atoms with Gasteiger partial charge in [-0.25, -0.2) is 4.98 Å². The molecule has 0 aliphatic carbocycles. The quantitative estimate of drug-likeness (QED) is 0.444. The molecule has 0 aliphatic heterocycles. The van der Waals surface area contributed by atoms with Crippen molar-refractivity contribution in [3.8, 4) is 5.88 Å². The maximum Gasteiger partial charge on any atom is 0.279 e. The summed E-state index contributed by atoms with van der Waals surface area (Å²) in [5.41, 5.74) is 0.561. The van der Waals surface area contributed by atoms with E-state index in [1.807, 2.05) is 0 Å². The molecule has 0 aliphatic rings. The number of aromatic nitrogens is 1. The lowest BCUT2D eigenvalue weighted by Crippen LogP contribution is -2.16. The average molecular weight is 211 g/mol. The second-order valence-corrected chi connectivity index (χ2v) is 3.02. The fourth-order valence-electron chi connectivity index (χ4n) is 1.03. The third kappa shape index (κ3) is 3.17. The lowest BCUT2D eigenvalue weighted by molar-refractivity contribution is -0.385. The van der Waals surface area contributed by atoms with Crippen molar-refractivity contribution in [2.24, 2.45) is 0 Å². The Labute approximate surface area is 87.4 Å². The third-order valence-electron chi connectivity index (χ3n) is 1.85. The number of ether oxygens (including phenoxy) is 1. The number of rotatable bonds is 5. The van der Waals surface area contributed by atoms with Gasteiger partial charge in [0.1, 0.15) is 6.61 Å². The Balaban J connectivity index is 2.74. The highest BCUT2D eigenvalue weighted by Gasteiger charge is 2.12. The van der Waals surface area contributed by atoms with Gasteiger partial charge in [0.2, 0.25) is 5.88 Å². The van der Waals surface area contributed by atoms with Gasteiger partial charge in [0.15, 0.2) is 0 Å². The molecule has 0 saturated heterocycles. The van der Waals surface area contributed by atoms with Crippen LogP contribution in [-0.4, -0.2) is 30.1 Å². The maximum absolute atomic E-state index is 10.6. The second-order valence-electron chi connectivity index (χ2n) is 3.02. The van der Waals surface area contributed by atoms with E-state index in [1.165, 1.54) is 12.3 Å². The molecule has 0 unspecified atom stereocenters. The van der Waals surface area contributed by atoms with Crippen molar-refractivity contribution in [1.82, 2.24) is 10.3 Å². The van der Waals surface area contributed by atoms with Crippen molar-refractivity contribution in [2.45, 2.75) is 6.92 Å². The van der Waals surface area contributed by atoms with Gasteiger partial charge in [-0.05, 0) is 14.0 Å². The van der Waals surface area contributed by atoms with Crippen LogP contribution in [0.4, 0.5) is 5.69 Å². The van der Waals surface area contributed by atoms with Gasteiger partial charge in [0, 0.05) is 18.3 Å². The fourth-order valence-corrected chi connectivity index (χ4v) is 1.03. The fraction of sp³-hybridized carbons (Fsp3) is 0.444. The molecule has 1 N–H and O–H groups in total. The summed E-state index contributed by atoms with van der Waals surface area (Å²) in [4.78, 5) is 14.1. The monoisotopic (exact) mass is 211 g/mol. The van der Waals surface area contributed by atoms with Crippen molar-refractivity contribution >= 4 is 5.69 Å². The zero-order valence-electron chi connectivity index (χ0n) is 8.69. The summed E-state index contributed by atoms with van der Waals surface area (Å²) in [6.45, 7) is 2.75. The van der Waals surface area contributed by atoms with Crippen LogP contribution >= 0.6 is 0 Å². The Morgan fingerprint density at radius 3 is 3.00 bits per heavy atom. The van der Waals surface area contributed by atoms with Crippen LogP contribution in [0.3, 0.4) is 0 Å². The van der Waals surface area contributed by atoms with Crippen molar-refractivity contribution in [3.63, 3.8) is 0 Å². The van der Waals surface area contributed by atoms with Gasteiger partial charge in [-0.3, -0.25) is 10.1 Å². The largest absolute Gasteiger partial charge is 0.476 e. The molecule has 15 heavy (non-hydrogen) atoms. The van der Waals surface area contributed by atoms with Crippen LogP contribution in [0.1, 0.15) is 5.56 Å². The predicted octanol–water partition coefficient (Wildman–Crippen LogP) is 0.896. The maximum atomic E-state index is 10.6. The summed E-state index contributed by atoms with van der Waals surface area (Å²) in [5, 5.41) is 13.5. The minimum atomic E-state index is -0.443. The lowest BCUT2D eigenvalue weighted by atomic mass is 10.3. The van der Waals surface area contributed by atoms with Crippen molar-refractivity contribution < 1.29 is 9.66 Å². The Morgan fingerprint density at radius 1 is 1.67 bits per heavy atom. The molecule has 0 atom stereocenters. The van der Waals surface area contributed by atoms with Crippen LogP contribution in [0, 0.1) is 17.0 Å².